The lowest BCUT2D eigenvalue weighted by molar-refractivity contribution is 0.112. The van der Waals surface area contributed by atoms with Gasteiger partial charge in [-0.15, -0.1) is 0 Å². The highest BCUT2D eigenvalue weighted by atomic mass is 16.3. The van der Waals surface area contributed by atoms with Crippen LogP contribution in [-0.2, 0) is 5.41 Å². The second kappa shape index (κ2) is 3.45. The third-order valence-electron chi connectivity index (χ3n) is 2.32. The van der Waals surface area contributed by atoms with E-state index in [1.54, 1.807) is 13.0 Å². The first-order chi connectivity index (χ1) is 6.36. The van der Waals surface area contributed by atoms with Crippen LogP contribution in [0.15, 0.2) is 12.1 Å². The second-order valence-electron chi connectivity index (χ2n) is 4.60. The topological polar surface area (TPSA) is 37.3 Å². The van der Waals surface area contributed by atoms with E-state index in [9.17, 15) is 9.90 Å². The zero-order valence-electron chi connectivity index (χ0n) is 9.09. The summed E-state index contributed by atoms with van der Waals surface area (Å²) >= 11 is 0. The van der Waals surface area contributed by atoms with Gasteiger partial charge in [0.15, 0.2) is 6.29 Å². The lowest BCUT2D eigenvalue weighted by atomic mass is 9.85. The van der Waals surface area contributed by atoms with Gasteiger partial charge >= 0.3 is 0 Å². The van der Waals surface area contributed by atoms with E-state index in [1.165, 1.54) is 0 Å². The number of carbonyl (C=O) groups is 1. The lowest BCUT2D eigenvalue weighted by Crippen LogP contribution is -2.11. The van der Waals surface area contributed by atoms with Crippen LogP contribution in [0.4, 0.5) is 0 Å². The molecular weight excluding hydrogens is 176 g/mol. The van der Waals surface area contributed by atoms with Gasteiger partial charge in [0, 0.05) is 0 Å². The lowest BCUT2D eigenvalue weighted by Gasteiger charge is -2.20. The fourth-order valence-electron chi connectivity index (χ4n) is 1.33. The highest BCUT2D eigenvalue weighted by Crippen LogP contribution is 2.29. The minimum absolute atomic E-state index is 0.00375. The maximum atomic E-state index is 10.7. The molecule has 0 atom stereocenters. The number of aldehydes is 1. The molecule has 0 spiro atoms. The van der Waals surface area contributed by atoms with Crippen LogP contribution in [0.2, 0.25) is 0 Å². The minimum Gasteiger partial charge on any atom is -0.507 e. The molecule has 0 aliphatic carbocycles. The summed E-state index contributed by atoms with van der Waals surface area (Å²) in [5.41, 5.74) is 2.18. The molecule has 1 N–H and O–H groups in total. The van der Waals surface area contributed by atoms with Crippen molar-refractivity contribution in [3.05, 3.63) is 28.8 Å². The van der Waals surface area contributed by atoms with Gasteiger partial charge in [-0.2, -0.15) is 0 Å². The average molecular weight is 192 g/mol. The molecule has 14 heavy (non-hydrogen) atoms. The molecule has 0 amide bonds. The highest BCUT2D eigenvalue weighted by molar-refractivity contribution is 5.80. The first-order valence-electron chi connectivity index (χ1n) is 4.65. The van der Waals surface area contributed by atoms with E-state index in [2.05, 4.69) is 20.8 Å². The Morgan fingerprint density at radius 2 is 1.86 bits per heavy atom. The van der Waals surface area contributed by atoms with Crippen molar-refractivity contribution in [1.82, 2.24) is 0 Å². The third kappa shape index (κ3) is 1.95. The van der Waals surface area contributed by atoms with Crippen LogP contribution in [0.5, 0.6) is 5.75 Å². The molecule has 0 radical (unpaired) electrons. The summed E-state index contributed by atoms with van der Waals surface area (Å²) < 4.78 is 0. The molecule has 1 aromatic carbocycles. The fraction of sp³-hybridized carbons (Fsp3) is 0.417. The van der Waals surface area contributed by atoms with Gasteiger partial charge in [0.25, 0.3) is 0 Å². The Bertz CT molecular complexity index is 359. The van der Waals surface area contributed by atoms with Gasteiger partial charge < -0.3 is 5.11 Å². The van der Waals surface area contributed by atoms with E-state index >= 15 is 0 Å². The number of aromatic hydroxyl groups is 1. The summed E-state index contributed by atoms with van der Waals surface area (Å²) in [6, 6.07) is 3.66. The van der Waals surface area contributed by atoms with Gasteiger partial charge in [0.1, 0.15) is 5.75 Å². The Morgan fingerprint density at radius 1 is 1.29 bits per heavy atom. The molecule has 2 heteroatoms. The third-order valence-corrected chi connectivity index (χ3v) is 2.32. The number of hydrogen-bond donors (Lipinski definition) is 1. The standard InChI is InChI=1S/C12H16O2/c1-8-5-10(12(2,3)4)6-9(7-13)11(8)14/h5-7,14H,1-4H3. The summed E-state index contributed by atoms with van der Waals surface area (Å²) in [5.74, 6) is 0.0907. The van der Waals surface area contributed by atoms with Crippen LogP contribution in [0.25, 0.3) is 0 Å². The van der Waals surface area contributed by atoms with E-state index in [1.807, 2.05) is 6.07 Å². The Kier molecular flexibility index (Phi) is 2.65. The number of phenolic OH excluding ortho intramolecular Hbond substituents is 1. The Hall–Kier alpha value is -1.31. The molecular formula is C12H16O2. The van der Waals surface area contributed by atoms with Crippen molar-refractivity contribution < 1.29 is 9.90 Å². The maximum absolute atomic E-state index is 10.7. The summed E-state index contributed by atoms with van der Waals surface area (Å²) in [4.78, 5) is 10.7. The van der Waals surface area contributed by atoms with E-state index in [4.69, 9.17) is 0 Å². The zero-order chi connectivity index (χ0) is 10.9. The molecule has 0 fully saturated rings. The van der Waals surface area contributed by atoms with Crippen molar-refractivity contribution in [3.8, 4) is 5.75 Å². The van der Waals surface area contributed by atoms with Gasteiger partial charge in [0.2, 0.25) is 0 Å². The predicted molar refractivity (Wildman–Crippen MR) is 56.9 cm³/mol. The molecule has 0 aliphatic heterocycles. The first kappa shape index (κ1) is 10.8. The van der Waals surface area contributed by atoms with Crippen molar-refractivity contribution in [1.29, 1.82) is 0 Å². The van der Waals surface area contributed by atoms with Gasteiger partial charge in [-0.25, -0.2) is 0 Å². The monoisotopic (exact) mass is 192 g/mol. The smallest absolute Gasteiger partial charge is 0.153 e. The van der Waals surface area contributed by atoms with Crippen molar-refractivity contribution in [2.45, 2.75) is 33.1 Å². The number of carbonyl (C=O) groups excluding carboxylic acids is 1. The SMILES string of the molecule is Cc1cc(C(C)(C)C)cc(C=O)c1O. The summed E-state index contributed by atoms with van der Waals surface area (Å²) in [7, 11) is 0. The van der Waals surface area contributed by atoms with Crippen molar-refractivity contribution in [2.75, 3.05) is 0 Å². The van der Waals surface area contributed by atoms with E-state index in [0.29, 0.717) is 11.8 Å². The van der Waals surface area contributed by atoms with Crippen molar-refractivity contribution in [2.24, 2.45) is 0 Å². The summed E-state index contributed by atoms with van der Waals surface area (Å²) in [6.07, 6.45) is 0.692. The first-order valence-corrected chi connectivity index (χ1v) is 4.65. The number of benzene rings is 1. The van der Waals surface area contributed by atoms with Crippen molar-refractivity contribution >= 4 is 6.29 Å². The molecule has 1 rings (SSSR count). The van der Waals surface area contributed by atoms with E-state index < -0.39 is 0 Å². The number of hydrogen-bond acceptors (Lipinski definition) is 2. The van der Waals surface area contributed by atoms with Crippen LogP contribution in [0, 0.1) is 6.92 Å². The van der Waals surface area contributed by atoms with Crippen LogP contribution in [-0.4, -0.2) is 11.4 Å². The molecule has 0 aliphatic rings. The number of rotatable bonds is 1. The Labute approximate surface area is 84.6 Å². The fourth-order valence-corrected chi connectivity index (χ4v) is 1.33. The van der Waals surface area contributed by atoms with Gasteiger partial charge in [-0.05, 0) is 29.5 Å². The molecule has 0 saturated heterocycles. The van der Waals surface area contributed by atoms with Crippen LogP contribution in [0.1, 0.15) is 42.3 Å². The number of phenols is 1. The molecule has 1 aromatic rings. The van der Waals surface area contributed by atoms with Gasteiger partial charge in [0.05, 0.1) is 5.56 Å². The minimum atomic E-state index is -0.00375. The zero-order valence-corrected chi connectivity index (χ0v) is 9.09. The van der Waals surface area contributed by atoms with Gasteiger partial charge in [-0.3, -0.25) is 4.79 Å². The van der Waals surface area contributed by atoms with Gasteiger partial charge in [-0.1, -0.05) is 26.8 Å². The Morgan fingerprint density at radius 3 is 2.29 bits per heavy atom. The van der Waals surface area contributed by atoms with Crippen LogP contribution in [0.3, 0.4) is 0 Å². The van der Waals surface area contributed by atoms with E-state index in [-0.39, 0.29) is 11.2 Å². The molecule has 0 heterocycles. The maximum Gasteiger partial charge on any atom is 0.153 e. The van der Waals surface area contributed by atoms with Crippen LogP contribution >= 0.6 is 0 Å². The highest BCUT2D eigenvalue weighted by Gasteiger charge is 2.16. The largest absolute Gasteiger partial charge is 0.507 e. The molecule has 76 valence electrons. The molecule has 0 unspecified atom stereocenters. The number of aryl methyl sites for hydroxylation is 1. The molecule has 0 aromatic heterocycles. The Balaban J connectivity index is 3.37. The normalized spacial score (nSPS) is 11.4. The quantitative estimate of drug-likeness (QED) is 0.695. The summed E-state index contributed by atoms with van der Waals surface area (Å²) in [5, 5.41) is 9.56. The van der Waals surface area contributed by atoms with E-state index in [0.717, 1.165) is 11.1 Å². The van der Waals surface area contributed by atoms with Crippen LogP contribution < -0.4 is 0 Å². The average Bonchev–Trinajstić information content (AvgIpc) is 2.07. The van der Waals surface area contributed by atoms with Crippen molar-refractivity contribution in [3.63, 3.8) is 0 Å². The predicted octanol–water partition coefficient (Wildman–Crippen LogP) is 2.81. The molecule has 0 saturated carbocycles. The summed E-state index contributed by atoms with van der Waals surface area (Å²) in [6.45, 7) is 8.03. The molecule has 0 bridgehead atoms. The second-order valence-corrected chi connectivity index (χ2v) is 4.60. The molecule has 2 nitrogen and oxygen atoms in total.